The SMILES string of the molecule is CCCOc1ccc(Br)cc1CNCCCOCCOC. The van der Waals surface area contributed by atoms with Crippen LogP contribution in [0.15, 0.2) is 22.7 Å². The monoisotopic (exact) mass is 359 g/mol. The van der Waals surface area contributed by atoms with Gasteiger partial charge >= 0.3 is 0 Å². The third kappa shape index (κ3) is 8.41. The highest BCUT2D eigenvalue weighted by Gasteiger charge is 2.04. The Kier molecular flexibility index (Phi) is 10.5. The van der Waals surface area contributed by atoms with Gasteiger partial charge in [0.15, 0.2) is 0 Å². The minimum Gasteiger partial charge on any atom is -0.493 e. The lowest BCUT2D eigenvalue weighted by atomic mass is 10.2. The lowest BCUT2D eigenvalue weighted by Gasteiger charge is -2.12. The van der Waals surface area contributed by atoms with E-state index in [2.05, 4.69) is 34.2 Å². The van der Waals surface area contributed by atoms with Crippen molar-refractivity contribution in [1.29, 1.82) is 0 Å². The van der Waals surface area contributed by atoms with Crippen molar-refractivity contribution >= 4 is 15.9 Å². The van der Waals surface area contributed by atoms with Crippen LogP contribution in [0.3, 0.4) is 0 Å². The van der Waals surface area contributed by atoms with Crippen molar-refractivity contribution in [2.45, 2.75) is 26.3 Å². The Morgan fingerprint density at radius 3 is 2.76 bits per heavy atom. The molecule has 0 saturated carbocycles. The van der Waals surface area contributed by atoms with Crippen LogP contribution >= 0.6 is 15.9 Å². The minimum atomic E-state index is 0.656. The van der Waals surface area contributed by atoms with Gasteiger partial charge < -0.3 is 19.5 Å². The first-order valence-corrected chi connectivity index (χ1v) is 8.25. The molecule has 0 aliphatic carbocycles. The van der Waals surface area contributed by atoms with Gasteiger partial charge in [0.2, 0.25) is 0 Å². The number of methoxy groups -OCH3 is 1. The molecule has 0 bridgehead atoms. The molecule has 0 amide bonds. The third-order valence-corrected chi connectivity index (χ3v) is 3.37. The summed E-state index contributed by atoms with van der Waals surface area (Å²) in [5, 5.41) is 3.42. The quantitative estimate of drug-likeness (QED) is 0.580. The zero-order valence-corrected chi connectivity index (χ0v) is 14.6. The van der Waals surface area contributed by atoms with Crippen LogP contribution in [0.5, 0.6) is 5.75 Å². The summed E-state index contributed by atoms with van der Waals surface area (Å²) >= 11 is 3.51. The van der Waals surface area contributed by atoms with Crippen LogP contribution in [0, 0.1) is 0 Å². The van der Waals surface area contributed by atoms with Gasteiger partial charge in [-0.25, -0.2) is 0 Å². The van der Waals surface area contributed by atoms with Gasteiger partial charge in [0.05, 0.1) is 19.8 Å². The van der Waals surface area contributed by atoms with E-state index >= 15 is 0 Å². The molecule has 0 heterocycles. The molecule has 0 unspecified atom stereocenters. The van der Waals surface area contributed by atoms with E-state index in [0.29, 0.717) is 13.2 Å². The van der Waals surface area contributed by atoms with Gasteiger partial charge in [-0.3, -0.25) is 0 Å². The van der Waals surface area contributed by atoms with E-state index in [4.69, 9.17) is 14.2 Å². The number of hydrogen-bond donors (Lipinski definition) is 1. The first-order chi connectivity index (χ1) is 10.3. The van der Waals surface area contributed by atoms with Crippen LogP contribution in [0.2, 0.25) is 0 Å². The smallest absolute Gasteiger partial charge is 0.123 e. The second-order valence-electron chi connectivity index (χ2n) is 4.74. The average molecular weight is 360 g/mol. The number of hydrogen-bond acceptors (Lipinski definition) is 4. The lowest BCUT2D eigenvalue weighted by molar-refractivity contribution is 0.0694. The van der Waals surface area contributed by atoms with Crippen molar-refractivity contribution in [3.63, 3.8) is 0 Å². The maximum atomic E-state index is 5.76. The van der Waals surface area contributed by atoms with Gasteiger partial charge in [0.1, 0.15) is 5.75 Å². The van der Waals surface area contributed by atoms with Crippen LogP contribution < -0.4 is 10.1 Å². The topological polar surface area (TPSA) is 39.7 Å². The summed E-state index contributed by atoms with van der Waals surface area (Å²) in [5.41, 5.74) is 1.18. The molecule has 0 spiro atoms. The number of benzene rings is 1. The minimum absolute atomic E-state index is 0.656. The van der Waals surface area contributed by atoms with Gasteiger partial charge in [0, 0.05) is 30.3 Å². The number of halogens is 1. The molecule has 0 aliphatic rings. The summed E-state index contributed by atoms with van der Waals surface area (Å²) in [4.78, 5) is 0. The molecule has 1 aromatic carbocycles. The van der Waals surface area contributed by atoms with E-state index < -0.39 is 0 Å². The Labute approximate surface area is 136 Å². The first-order valence-electron chi connectivity index (χ1n) is 7.46. The summed E-state index contributed by atoms with van der Waals surface area (Å²) in [6.07, 6.45) is 2.00. The molecule has 1 rings (SSSR count). The summed E-state index contributed by atoms with van der Waals surface area (Å²) in [7, 11) is 1.68. The molecule has 21 heavy (non-hydrogen) atoms. The molecule has 0 aliphatic heterocycles. The van der Waals surface area contributed by atoms with Crippen molar-refractivity contribution in [3.8, 4) is 5.75 Å². The zero-order chi connectivity index (χ0) is 15.3. The highest BCUT2D eigenvalue weighted by molar-refractivity contribution is 9.10. The fourth-order valence-electron chi connectivity index (χ4n) is 1.81. The Bertz CT molecular complexity index is 388. The van der Waals surface area contributed by atoms with E-state index in [1.54, 1.807) is 7.11 Å². The normalized spacial score (nSPS) is 10.8. The number of ether oxygens (including phenoxy) is 3. The Balaban J connectivity index is 2.25. The zero-order valence-electron chi connectivity index (χ0n) is 13.0. The molecule has 5 heteroatoms. The van der Waals surface area contributed by atoms with Crippen molar-refractivity contribution in [1.82, 2.24) is 5.32 Å². The summed E-state index contributed by atoms with van der Waals surface area (Å²) in [6.45, 7) is 6.67. The Morgan fingerprint density at radius 1 is 1.14 bits per heavy atom. The fraction of sp³-hybridized carbons (Fsp3) is 0.625. The maximum Gasteiger partial charge on any atom is 0.123 e. The van der Waals surface area contributed by atoms with Gasteiger partial charge in [-0.1, -0.05) is 22.9 Å². The van der Waals surface area contributed by atoms with E-state index in [-0.39, 0.29) is 0 Å². The van der Waals surface area contributed by atoms with Gasteiger partial charge in [-0.15, -0.1) is 0 Å². The van der Waals surface area contributed by atoms with Crippen molar-refractivity contribution in [2.75, 3.05) is 40.1 Å². The van der Waals surface area contributed by atoms with Crippen LogP contribution in [-0.2, 0) is 16.0 Å². The number of nitrogens with one attached hydrogen (secondary N) is 1. The molecule has 1 N–H and O–H groups in total. The standard InChI is InChI=1S/C16H26BrNO3/c1-3-8-21-16-6-5-15(17)12-14(16)13-18-7-4-9-20-11-10-19-2/h5-6,12,18H,3-4,7-11,13H2,1-2H3. The van der Waals surface area contributed by atoms with Crippen molar-refractivity contribution < 1.29 is 14.2 Å². The molecular weight excluding hydrogens is 334 g/mol. The molecule has 4 nitrogen and oxygen atoms in total. The Hall–Kier alpha value is -0.620. The molecule has 1 aromatic rings. The first kappa shape index (κ1) is 18.4. The van der Waals surface area contributed by atoms with Gasteiger partial charge in [0.25, 0.3) is 0 Å². The molecule has 0 saturated heterocycles. The maximum absolute atomic E-state index is 5.76. The summed E-state index contributed by atoms with van der Waals surface area (Å²) in [6, 6.07) is 6.13. The highest BCUT2D eigenvalue weighted by atomic mass is 79.9. The second kappa shape index (κ2) is 12.0. The van der Waals surface area contributed by atoms with Gasteiger partial charge in [-0.05, 0) is 37.6 Å². The average Bonchev–Trinajstić information content (AvgIpc) is 2.49. The van der Waals surface area contributed by atoms with Crippen LogP contribution in [0.25, 0.3) is 0 Å². The molecule has 120 valence electrons. The highest BCUT2D eigenvalue weighted by Crippen LogP contribution is 2.23. The largest absolute Gasteiger partial charge is 0.493 e. The molecule has 0 atom stereocenters. The summed E-state index contributed by atoms with van der Waals surface area (Å²) in [5.74, 6) is 0.962. The summed E-state index contributed by atoms with van der Waals surface area (Å²) < 4.78 is 17.2. The van der Waals surface area contributed by atoms with Crippen LogP contribution in [-0.4, -0.2) is 40.1 Å². The molecule has 0 fully saturated rings. The van der Waals surface area contributed by atoms with Crippen LogP contribution in [0.4, 0.5) is 0 Å². The van der Waals surface area contributed by atoms with E-state index in [0.717, 1.165) is 49.4 Å². The second-order valence-corrected chi connectivity index (χ2v) is 5.65. The predicted molar refractivity (Wildman–Crippen MR) is 88.9 cm³/mol. The van der Waals surface area contributed by atoms with E-state index in [1.165, 1.54) is 5.56 Å². The molecular formula is C16H26BrNO3. The van der Waals surface area contributed by atoms with Crippen LogP contribution in [0.1, 0.15) is 25.3 Å². The van der Waals surface area contributed by atoms with Crippen molar-refractivity contribution in [3.05, 3.63) is 28.2 Å². The van der Waals surface area contributed by atoms with E-state index in [1.807, 2.05) is 12.1 Å². The molecule has 0 aromatic heterocycles. The van der Waals surface area contributed by atoms with E-state index in [9.17, 15) is 0 Å². The van der Waals surface area contributed by atoms with Crippen molar-refractivity contribution in [2.24, 2.45) is 0 Å². The molecule has 0 radical (unpaired) electrons. The predicted octanol–water partition coefficient (Wildman–Crippen LogP) is 3.38. The third-order valence-electron chi connectivity index (χ3n) is 2.87. The number of rotatable bonds is 12. The fourth-order valence-corrected chi connectivity index (χ4v) is 2.21. The Morgan fingerprint density at radius 2 is 2.00 bits per heavy atom. The lowest BCUT2D eigenvalue weighted by Crippen LogP contribution is -2.17. The van der Waals surface area contributed by atoms with Gasteiger partial charge in [-0.2, -0.15) is 0 Å².